The molecule has 1 fully saturated rings. The van der Waals surface area contributed by atoms with Gasteiger partial charge in [-0.15, -0.1) is 5.10 Å². The van der Waals surface area contributed by atoms with E-state index in [2.05, 4.69) is 28.9 Å². The number of aryl methyl sites for hydroxylation is 3. The summed E-state index contributed by atoms with van der Waals surface area (Å²) in [6.45, 7) is 10.7. The van der Waals surface area contributed by atoms with E-state index >= 15 is 0 Å². The number of carbonyl (C=O) groups is 1. The largest absolute Gasteiger partial charge is 0.353 e. The molecule has 130 valence electrons. The van der Waals surface area contributed by atoms with Crippen molar-refractivity contribution in [2.45, 2.75) is 27.7 Å². The highest BCUT2D eigenvalue weighted by atomic mass is 16.2. The lowest BCUT2D eigenvalue weighted by Crippen LogP contribution is -2.48. The van der Waals surface area contributed by atoms with Crippen molar-refractivity contribution in [1.82, 2.24) is 24.5 Å². The number of hydrogen-bond acceptors (Lipinski definition) is 5. The molecule has 7 nitrogen and oxygen atoms in total. The fraction of sp³-hybridized carbons (Fsp3) is 0.444. The predicted molar refractivity (Wildman–Crippen MR) is 97.0 cm³/mol. The number of amides is 1. The van der Waals surface area contributed by atoms with Crippen molar-refractivity contribution in [2.24, 2.45) is 0 Å². The first-order valence-electron chi connectivity index (χ1n) is 8.59. The standard InChI is InChI=1S/C18H22N6O/c1-11-9-12(2)19-17-16(11)18-20-13(3)10-15(24(18)21-17)23-7-5-22(6-8-23)14(4)25/h9-10H,5-8H2,1-4H3. The second-order valence-electron chi connectivity index (χ2n) is 6.76. The molecule has 0 bridgehead atoms. The quantitative estimate of drug-likeness (QED) is 0.678. The van der Waals surface area contributed by atoms with Crippen LogP contribution >= 0.6 is 0 Å². The number of fused-ring (bicyclic) bond motifs is 3. The molecule has 0 saturated carbocycles. The van der Waals surface area contributed by atoms with Crippen LogP contribution in [0.5, 0.6) is 0 Å². The average molecular weight is 338 g/mol. The second-order valence-corrected chi connectivity index (χ2v) is 6.76. The lowest BCUT2D eigenvalue weighted by atomic mass is 10.2. The molecule has 1 saturated heterocycles. The minimum Gasteiger partial charge on any atom is -0.353 e. The van der Waals surface area contributed by atoms with E-state index in [1.54, 1.807) is 6.92 Å². The van der Waals surface area contributed by atoms with Crippen molar-refractivity contribution >= 4 is 28.4 Å². The maximum absolute atomic E-state index is 11.6. The van der Waals surface area contributed by atoms with E-state index in [0.29, 0.717) is 0 Å². The van der Waals surface area contributed by atoms with Crippen LogP contribution in [-0.2, 0) is 4.79 Å². The Hall–Kier alpha value is -2.70. The van der Waals surface area contributed by atoms with Crippen molar-refractivity contribution in [3.63, 3.8) is 0 Å². The van der Waals surface area contributed by atoms with Crippen molar-refractivity contribution < 1.29 is 4.79 Å². The van der Waals surface area contributed by atoms with E-state index < -0.39 is 0 Å². The molecule has 3 aromatic heterocycles. The molecule has 0 aromatic carbocycles. The minimum absolute atomic E-state index is 0.135. The summed E-state index contributed by atoms with van der Waals surface area (Å²) in [6, 6.07) is 4.13. The average Bonchev–Trinajstić information content (AvgIpc) is 2.92. The Balaban J connectivity index is 1.85. The van der Waals surface area contributed by atoms with Crippen LogP contribution in [0.2, 0.25) is 0 Å². The first-order chi connectivity index (χ1) is 11.9. The third-order valence-corrected chi connectivity index (χ3v) is 4.83. The number of rotatable bonds is 1. The minimum atomic E-state index is 0.135. The normalized spacial score (nSPS) is 15.4. The molecule has 3 aromatic rings. The Morgan fingerprint density at radius 3 is 2.36 bits per heavy atom. The molecule has 0 spiro atoms. The van der Waals surface area contributed by atoms with Gasteiger partial charge in [0.25, 0.3) is 0 Å². The Bertz CT molecular complexity index is 984. The SMILES string of the molecule is CC(=O)N1CCN(c2cc(C)nc3c4c(C)cc(C)nc4nn23)CC1. The van der Waals surface area contributed by atoms with E-state index in [4.69, 9.17) is 10.1 Å². The van der Waals surface area contributed by atoms with E-state index in [1.807, 2.05) is 23.3 Å². The Kier molecular flexibility index (Phi) is 3.59. The Labute approximate surface area is 146 Å². The monoisotopic (exact) mass is 338 g/mol. The molecule has 1 amide bonds. The van der Waals surface area contributed by atoms with Crippen molar-refractivity contribution in [3.05, 3.63) is 29.1 Å². The van der Waals surface area contributed by atoms with Crippen LogP contribution in [0.1, 0.15) is 23.9 Å². The molecule has 4 rings (SSSR count). The summed E-state index contributed by atoms with van der Waals surface area (Å²) in [5, 5.41) is 5.74. The van der Waals surface area contributed by atoms with Crippen LogP contribution in [0.4, 0.5) is 5.82 Å². The summed E-state index contributed by atoms with van der Waals surface area (Å²) in [4.78, 5) is 25.0. The van der Waals surface area contributed by atoms with E-state index in [-0.39, 0.29) is 5.91 Å². The highest BCUT2D eigenvalue weighted by Crippen LogP contribution is 2.26. The zero-order valence-corrected chi connectivity index (χ0v) is 15.1. The molecular weight excluding hydrogens is 316 g/mol. The summed E-state index contributed by atoms with van der Waals surface area (Å²) in [6.07, 6.45) is 0. The summed E-state index contributed by atoms with van der Waals surface area (Å²) in [5.74, 6) is 1.15. The maximum atomic E-state index is 11.6. The van der Waals surface area contributed by atoms with Gasteiger partial charge >= 0.3 is 0 Å². The number of nitrogens with zero attached hydrogens (tertiary/aromatic N) is 6. The van der Waals surface area contributed by atoms with Crippen LogP contribution < -0.4 is 4.90 Å². The molecule has 25 heavy (non-hydrogen) atoms. The van der Waals surface area contributed by atoms with Crippen LogP contribution in [0.3, 0.4) is 0 Å². The fourth-order valence-corrected chi connectivity index (χ4v) is 3.60. The fourth-order valence-electron chi connectivity index (χ4n) is 3.60. The van der Waals surface area contributed by atoms with Crippen LogP contribution in [0.15, 0.2) is 12.1 Å². The number of hydrogen-bond donors (Lipinski definition) is 0. The zero-order chi connectivity index (χ0) is 17.7. The molecule has 1 aliphatic rings. The summed E-state index contributed by atoms with van der Waals surface area (Å²) in [5.41, 5.74) is 4.64. The zero-order valence-electron chi connectivity index (χ0n) is 15.1. The highest BCUT2D eigenvalue weighted by Gasteiger charge is 2.22. The van der Waals surface area contributed by atoms with Gasteiger partial charge < -0.3 is 9.80 Å². The lowest BCUT2D eigenvalue weighted by Gasteiger charge is -2.35. The summed E-state index contributed by atoms with van der Waals surface area (Å²) < 4.78 is 1.90. The van der Waals surface area contributed by atoms with Crippen LogP contribution in [0, 0.1) is 20.8 Å². The van der Waals surface area contributed by atoms with Crippen LogP contribution in [0.25, 0.3) is 16.7 Å². The topological polar surface area (TPSA) is 66.6 Å². The molecule has 0 unspecified atom stereocenters. The smallest absolute Gasteiger partial charge is 0.219 e. The number of carbonyl (C=O) groups excluding carboxylic acids is 1. The number of piperazine rings is 1. The van der Waals surface area contributed by atoms with Gasteiger partial charge in [0.05, 0.1) is 5.39 Å². The molecule has 7 heteroatoms. The Morgan fingerprint density at radius 1 is 1.00 bits per heavy atom. The summed E-state index contributed by atoms with van der Waals surface area (Å²) >= 11 is 0. The van der Waals surface area contributed by atoms with Gasteiger partial charge in [-0.25, -0.2) is 9.97 Å². The van der Waals surface area contributed by atoms with Gasteiger partial charge in [0.1, 0.15) is 5.82 Å². The first-order valence-corrected chi connectivity index (χ1v) is 8.59. The van der Waals surface area contributed by atoms with Crippen molar-refractivity contribution in [1.29, 1.82) is 0 Å². The summed E-state index contributed by atoms with van der Waals surface area (Å²) in [7, 11) is 0. The first kappa shape index (κ1) is 15.8. The third kappa shape index (κ3) is 2.59. The molecule has 0 aliphatic carbocycles. The maximum Gasteiger partial charge on any atom is 0.219 e. The van der Waals surface area contributed by atoms with Gasteiger partial charge in [0.2, 0.25) is 5.91 Å². The van der Waals surface area contributed by atoms with Gasteiger partial charge in [-0.05, 0) is 32.4 Å². The van der Waals surface area contributed by atoms with Gasteiger partial charge in [-0.1, -0.05) is 0 Å². The second kappa shape index (κ2) is 5.68. The number of pyridine rings is 1. The molecule has 0 N–H and O–H groups in total. The van der Waals surface area contributed by atoms with E-state index in [9.17, 15) is 4.79 Å². The van der Waals surface area contributed by atoms with Gasteiger partial charge in [-0.2, -0.15) is 4.52 Å². The van der Waals surface area contributed by atoms with Gasteiger partial charge in [-0.3, -0.25) is 4.79 Å². The molecule has 1 aliphatic heterocycles. The van der Waals surface area contributed by atoms with E-state index in [1.165, 1.54) is 0 Å². The molecule has 4 heterocycles. The highest BCUT2D eigenvalue weighted by molar-refractivity contribution is 5.93. The van der Waals surface area contributed by atoms with Crippen LogP contribution in [-0.4, -0.2) is 56.6 Å². The molecule has 0 radical (unpaired) electrons. The predicted octanol–water partition coefficient (Wildman–Crippen LogP) is 1.87. The van der Waals surface area contributed by atoms with Gasteiger partial charge in [0, 0.05) is 50.6 Å². The number of anilines is 1. The molecular formula is C18H22N6O. The Morgan fingerprint density at radius 2 is 1.68 bits per heavy atom. The van der Waals surface area contributed by atoms with Crippen molar-refractivity contribution in [2.75, 3.05) is 31.1 Å². The van der Waals surface area contributed by atoms with Gasteiger partial charge in [0.15, 0.2) is 11.3 Å². The lowest BCUT2D eigenvalue weighted by molar-refractivity contribution is -0.129. The van der Waals surface area contributed by atoms with E-state index in [0.717, 1.165) is 65.6 Å². The number of aromatic nitrogens is 4. The van der Waals surface area contributed by atoms with Crippen molar-refractivity contribution in [3.8, 4) is 0 Å². The molecule has 0 atom stereocenters. The third-order valence-electron chi connectivity index (χ3n) is 4.83.